The molecule has 1 heterocycles. The molecule has 0 bridgehead atoms. The molecule has 1 amide bonds. The minimum Gasteiger partial charge on any atom is -0.359 e. The standard InChI is InChI=1S/C13H16F2N2O3S/c1-16-13(18)9-2-4-17(5-3-9)21(19,20)12-7-10(14)6-11(15)8-12/h6-9H,2-5H2,1H3,(H,16,18). The smallest absolute Gasteiger partial charge is 0.243 e. The number of halogens is 2. The number of carbonyl (C=O) groups excluding carboxylic acids is 1. The molecule has 1 aliphatic heterocycles. The molecule has 8 heteroatoms. The zero-order chi connectivity index (χ0) is 15.6. The number of rotatable bonds is 3. The van der Waals surface area contributed by atoms with Gasteiger partial charge in [0.05, 0.1) is 4.90 Å². The maximum atomic E-state index is 13.2. The Kier molecular flexibility index (Phi) is 4.58. The summed E-state index contributed by atoms with van der Waals surface area (Å²) in [6, 6.07) is 2.21. The molecule has 0 spiro atoms. The zero-order valence-corrected chi connectivity index (χ0v) is 12.3. The highest BCUT2D eigenvalue weighted by Gasteiger charge is 2.32. The summed E-state index contributed by atoms with van der Waals surface area (Å²) in [7, 11) is -2.41. The van der Waals surface area contributed by atoms with E-state index < -0.39 is 26.6 Å². The Bertz CT molecular complexity index is 621. The van der Waals surface area contributed by atoms with Gasteiger partial charge in [0.1, 0.15) is 11.6 Å². The highest BCUT2D eigenvalue weighted by atomic mass is 32.2. The molecule has 0 saturated carbocycles. The van der Waals surface area contributed by atoms with Crippen LogP contribution in [-0.4, -0.2) is 38.8 Å². The molecule has 0 aliphatic carbocycles. The van der Waals surface area contributed by atoms with Crippen LogP contribution in [0.3, 0.4) is 0 Å². The predicted molar refractivity (Wildman–Crippen MR) is 71.9 cm³/mol. The van der Waals surface area contributed by atoms with Crippen LogP contribution in [0.2, 0.25) is 0 Å². The fourth-order valence-electron chi connectivity index (χ4n) is 2.39. The Morgan fingerprint density at radius 1 is 1.19 bits per heavy atom. The Morgan fingerprint density at radius 3 is 2.19 bits per heavy atom. The topological polar surface area (TPSA) is 66.5 Å². The van der Waals surface area contributed by atoms with Gasteiger partial charge in [0.15, 0.2) is 0 Å². The molecule has 0 aromatic heterocycles. The van der Waals surface area contributed by atoms with Crippen molar-refractivity contribution in [2.45, 2.75) is 17.7 Å². The minimum absolute atomic E-state index is 0.121. The van der Waals surface area contributed by atoms with E-state index in [0.717, 1.165) is 16.4 Å². The van der Waals surface area contributed by atoms with Gasteiger partial charge in [0, 0.05) is 32.1 Å². The summed E-state index contributed by atoms with van der Waals surface area (Å²) in [5.41, 5.74) is 0. The van der Waals surface area contributed by atoms with Gasteiger partial charge < -0.3 is 5.32 Å². The molecule has 116 valence electrons. The zero-order valence-electron chi connectivity index (χ0n) is 11.5. The Labute approximate surface area is 122 Å². The molecule has 5 nitrogen and oxygen atoms in total. The molecule has 0 radical (unpaired) electrons. The average molecular weight is 318 g/mol. The first-order valence-electron chi connectivity index (χ1n) is 6.52. The van der Waals surface area contributed by atoms with Crippen LogP contribution in [0.1, 0.15) is 12.8 Å². The summed E-state index contributed by atoms with van der Waals surface area (Å²) in [4.78, 5) is 11.1. The summed E-state index contributed by atoms with van der Waals surface area (Å²) in [6.45, 7) is 0.303. The molecule has 1 saturated heterocycles. The second kappa shape index (κ2) is 6.07. The highest BCUT2D eigenvalue weighted by molar-refractivity contribution is 7.89. The number of nitrogens with zero attached hydrogens (tertiary/aromatic N) is 1. The molecule has 21 heavy (non-hydrogen) atoms. The van der Waals surface area contributed by atoms with Crippen molar-refractivity contribution in [2.75, 3.05) is 20.1 Å². The minimum atomic E-state index is -3.94. The fourth-order valence-corrected chi connectivity index (χ4v) is 3.90. The van der Waals surface area contributed by atoms with Crippen molar-refractivity contribution in [3.05, 3.63) is 29.8 Å². The van der Waals surface area contributed by atoms with E-state index in [1.165, 1.54) is 7.05 Å². The predicted octanol–water partition coefficient (Wildman–Crippen LogP) is 1.11. The van der Waals surface area contributed by atoms with Gasteiger partial charge in [-0.1, -0.05) is 0 Å². The molecular formula is C13H16F2N2O3S. The summed E-state index contributed by atoms with van der Waals surface area (Å²) in [5, 5.41) is 2.53. The van der Waals surface area contributed by atoms with Gasteiger partial charge in [0.25, 0.3) is 0 Å². The van der Waals surface area contributed by atoms with Gasteiger partial charge in [-0.05, 0) is 25.0 Å². The average Bonchev–Trinajstić information content (AvgIpc) is 2.45. The van der Waals surface area contributed by atoms with Crippen molar-refractivity contribution < 1.29 is 22.0 Å². The lowest BCUT2D eigenvalue weighted by Crippen LogP contribution is -2.42. The first-order valence-corrected chi connectivity index (χ1v) is 7.96. The molecule has 1 aromatic carbocycles. The lowest BCUT2D eigenvalue weighted by Gasteiger charge is -2.30. The third-order valence-corrected chi connectivity index (χ3v) is 5.42. The van der Waals surface area contributed by atoms with Crippen LogP contribution in [0.15, 0.2) is 23.1 Å². The van der Waals surface area contributed by atoms with E-state index in [1.807, 2.05) is 0 Å². The molecule has 1 aliphatic rings. The van der Waals surface area contributed by atoms with Gasteiger partial charge in [-0.25, -0.2) is 17.2 Å². The SMILES string of the molecule is CNC(=O)C1CCN(S(=O)(=O)c2cc(F)cc(F)c2)CC1. The largest absolute Gasteiger partial charge is 0.359 e. The molecule has 1 N–H and O–H groups in total. The first-order chi connectivity index (χ1) is 9.84. The number of hydrogen-bond donors (Lipinski definition) is 1. The summed E-state index contributed by atoms with van der Waals surface area (Å²) in [5.74, 6) is -2.22. The lowest BCUT2D eigenvalue weighted by atomic mass is 9.97. The van der Waals surface area contributed by atoms with Crippen LogP contribution in [0.4, 0.5) is 8.78 Å². The number of sulfonamides is 1. The van der Waals surface area contributed by atoms with E-state index in [0.29, 0.717) is 18.9 Å². The monoisotopic (exact) mass is 318 g/mol. The molecule has 2 rings (SSSR count). The van der Waals surface area contributed by atoms with Crippen LogP contribution in [-0.2, 0) is 14.8 Å². The number of hydrogen-bond acceptors (Lipinski definition) is 3. The van der Waals surface area contributed by atoms with Gasteiger partial charge >= 0.3 is 0 Å². The van der Waals surface area contributed by atoms with Crippen LogP contribution >= 0.6 is 0 Å². The van der Waals surface area contributed by atoms with Crippen LogP contribution in [0.25, 0.3) is 0 Å². The van der Waals surface area contributed by atoms with Crippen molar-refractivity contribution in [1.29, 1.82) is 0 Å². The van der Waals surface area contributed by atoms with Gasteiger partial charge in [0.2, 0.25) is 15.9 Å². The number of amides is 1. The van der Waals surface area contributed by atoms with E-state index in [9.17, 15) is 22.0 Å². The molecular weight excluding hydrogens is 302 g/mol. The Hall–Kier alpha value is -1.54. The van der Waals surface area contributed by atoms with E-state index >= 15 is 0 Å². The Balaban J connectivity index is 2.16. The normalized spacial score (nSPS) is 17.7. The maximum Gasteiger partial charge on any atom is 0.243 e. The van der Waals surface area contributed by atoms with Gasteiger partial charge in [-0.15, -0.1) is 0 Å². The van der Waals surface area contributed by atoms with Gasteiger partial charge in [-0.3, -0.25) is 4.79 Å². The first kappa shape index (κ1) is 15.8. The van der Waals surface area contributed by atoms with E-state index in [1.54, 1.807) is 0 Å². The van der Waals surface area contributed by atoms with E-state index in [2.05, 4.69) is 5.32 Å². The van der Waals surface area contributed by atoms with E-state index in [-0.39, 0.29) is 24.9 Å². The van der Waals surface area contributed by atoms with Crippen molar-refractivity contribution >= 4 is 15.9 Å². The van der Waals surface area contributed by atoms with Crippen molar-refractivity contribution in [2.24, 2.45) is 5.92 Å². The molecule has 0 unspecified atom stereocenters. The highest BCUT2D eigenvalue weighted by Crippen LogP contribution is 2.24. The number of piperidine rings is 1. The molecule has 1 fully saturated rings. The fraction of sp³-hybridized carbons (Fsp3) is 0.462. The summed E-state index contributed by atoms with van der Waals surface area (Å²) >= 11 is 0. The van der Waals surface area contributed by atoms with Crippen LogP contribution < -0.4 is 5.32 Å². The third kappa shape index (κ3) is 3.38. The number of benzene rings is 1. The van der Waals surface area contributed by atoms with Crippen LogP contribution in [0.5, 0.6) is 0 Å². The Morgan fingerprint density at radius 2 is 1.71 bits per heavy atom. The van der Waals surface area contributed by atoms with Crippen molar-refractivity contribution in [1.82, 2.24) is 9.62 Å². The third-order valence-electron chi connectivity index (χ3n) is 3.54. The molecule has 1 aromatic rings. The second-order valence-electron chi connectivity index (χ2n) is 4.90. The lowest BCUT2D eigenvalue weighted by molar-refractivity contribution is -0.125. The molecule has 0 atom stereocenters. The van der Waals surface area contributed by atoms with Crippen molar-refractivity contribution in [3.8, 4) is 0 Å². The number of nitrogens with one attached hydrogen (secondary N) is 1. The maximum absolute atomic E-state index is 13.2. The quantitative estimate of drug-likeness (QED) is 0.908. The second-order valence-corrected chi connectivity index (χ2v) is 6.84. The summed E-state index contributed by atoms with van der Waals surface area (Å²) in [6.07, 6.45) is 0.771. The van der Waals surface area contributed by atoms with Gasteiger partial charge in [-0.2, -0.15) is 4.31 Å². The summed E-state index contributed by atoms with van der Waals surface area (Å²) < 4.78 is 52.1. The van der Waals surface area contributed by atoms with Crippen molar-refractivity contribution in [3.63, 3.8) is 0 Å². The number of carbonyl (C=O) groups is 1. The van der Waals surface area contributed by atoms with Crippen LogP contribution in [0, 0.1) is 17.6 Å². The van der Waals surface area contributed by atoms with E-state index in [4.69, 9.17) is 0 Å².